The van der Waals surface area contributed by atoms with Crippen molar-refractivity contribution in [3.63, 3.8) is 0 Å². The van der Waals surface area contributed by atoms with Gasteiger partial charge in [-0.25, -0.2) is 0 Å². The molecule has 0 saturated carbocycles. The lowest BCUT2D eigenvalue weighted by Crippen LogP contribution is -2.16. The molecule has 4 N–H and O–H groups in total. The second kappa shape index (κ2) is 8.61. The summed E-state index contributed by atoms with van der Waals surface area (Å²) in [6.07, 6.45) is 0. The fourth-order valence-corrected chi connectivity index (χ4v) is 2.83. The number of carbonyl (C=O) groups excluding carboxylic acids is 3. The number of methoxy groups -OCH3 is 1. The average molecular weight is 458 g/mol. The van der Waals surface area contributed by atoms with Gasteiger partial charge in [0.05, 0.1) is 12.8 Å². The summed E-state index contributed by atoms with van der Waals surface area (Å²) < 4.78 is 10.8. The van der Waals surface area contributed by atoms with Crippen molar-refractivity contribution in [3.05, 3.63) is 76.2 Å². The Morgan fingerprint density at radius 3 is 2.41 bits per heavy atom. The highest BCUT2D eigenvalue weighted by molar-refractivity contribution is 9.10. The van der Waals surface area contributed by atoms with E-state index in [1.54, 1.807) is 24.3 Å². The highest BCUT2D eigenvalue weighted by Crippen LogP contribution is 2.26. The first kappa shape index (κ1) is 20.2. The normalized spacial score (nSPS) is 10.3. The summed E-state index contributed by atoms with van der Waals surface area (Å²) >= 11 is 3.13. The topological polar surface area (TPSA) is 124 Å². The monoisotopic (exact) mass is 457 g/mol. The second-order valence-electron chi connectivity index (χ2n) is 5.87. The highest BCUT2D eigenvalue weighted by atomic mass is 79.9. The van der Waals surface area contributed by atoms with Crippen LogP contribution in [0.15, 0.2) is 63.7 Å². The molecule has 148 valence electrons. The number of hydrogen-bond donors (Lipinski definition) is 3. The van der Waals surface area contributed by atoms with Gasteiger partial charge in [-0.1, -0.05) is 6.07 Å². The quantitative estimate of drug-likeness (QED) is 0.520. The van der Waals surface area contributed by atoms with E-state index in [0.29, 0.717) is 21.8 Å². The summed E-state index contributed by atoms with van der Waals surface area (Å²) in [6, 6.07) is 13.9. The van der Waals surface area contributed by atoms with E-state index in [9.17, 15) is 14.4 Å². The van der Waals surface area contributed by atoms with Crippen LogP contribution in [0.25, 0.3) is 0 Å². The molecule has 9 heteroatoms. The predicted molar refractivity (Wildman–Crippen MR) is 110 cm³/mol. The minimum atomic E-state index is -0.627. The second-order valence-corrected chi connectivity index (χ2v) is 6.65. The number of nitrogens with one attached hydrogen (secondary N) is 2. The first-order valence-corrected chi connectivity index (χ1v) is 9.12. The Balaban J connectivity index is 1.78. The average Bonchev–Trinajstić information content (AvgIpc) is 3.14. The molecule has 0 fully saturated rings. The summed E-state index contributed by atoms with van der Waals surface area (Å²) in [5.74, 6) is -1.04. The molecular weight excluding hydrogens is 442 g/mol. The van der Waals surface area contributed by atoms with Gasteiger partial charge in [-0.2, -0.15) is 0 Å². The maximum atomic E-state index is 12.7. The minimum Gasteiger partial charge on any atom is -0.495 e. The van der Waals surface area contributed by atoms with E-state index in [1.165, 1.54) is 37.4 Å². The molecule has 0 spiro atoms. The predicted octanol–water partition coefficient (Wildman–Crippen LogP) is 3.65. The zero-order valence-electron chi connectivity index (χ0n) is 15.2. The maximum absolute atomic E-state index is 12.7. The Bertz CT molecular complexity index is 1090. The molecule has 0 aliphatic carbocycles. The summed E-state index contributed by atoms with van der Waals surface area (Å²) in [4.78, 5) is 36.2. The van der Waals surface area contributed by atoms with Crippen LogP contribution in [0.2, 0.25) is 0 Å². The molecule has 0 unspecified atom stereocenters. The van der Waals surface area contributed by atoms with Gasteiger partial charge in [-0.3, -0.25) is 14.4 Å². The SMILES string of the molecule is COc1ccc(C(N)=O)cc1NC(=O)c1cccc(NC(=O)c2ccc(Br)o2)c1. The number of furan rings is 1. The molecule has 3 rings (SSSR count). The molecule has 0 aliphatic heterocycles. The van der Waals surface area contributed by atoms with Gasteiger partial charge in [-0.05, 0) is 64.5 Å². The van der Waals surface area contributed by atoms with Crippen LogP contribution in [0.4, 0.5) is 11.4 Å². The molecule has 0 saturated heterocycles. The van der Waals surface area contributed by atoms with Crippen molar-refractivity contribution < 1.29 is 23.5 Å². The number of hydrogen-bond acceptors (Lipinski definition) is 5. The zero-order chi connectivity index (χ0) is 21.0. The van der Waals surface area contributed by atoms with Crippen LogP contribution in [0.3, 0.4) is 0 Å². The number of ether oxygens (including phenoxy) is 1. The fraction of sp³-hybridized carbons (Fsp3) is 0.0500. The number of carbonyl (C=O) groups is 3. The Hall–Kier alpha value is -3.59. The van der Waals surface area contributed by atoms with E-state index >= 15 is 0 Å². The molecule has 1 heterocycles. The molecular formula is C20H16BrN3O5. The summed E-state index contributed by atoms with van der Waals surface area (Å²) in [5, 5.41) is 5.34. The van der Waals surface area contributed by atoms with Crippen molar-refractivity contribution in [2.75, 3.05) is 17.7 Å². The lowest BCUT2D eigenvalue weighted by Gasteiger charge is -2.12. The molecule has 0 bridgehead atoms. The fourth-order valence-electron chi connectivity index (χ4n) is 2.52. The van der Waals surface area contributed by atoms with E-state index in [4.69, 9.17) is 14.9 Å². The van der Waals surface area contributed by atoms with Gasteiger partial charge < -0.3 is 25.5 Å². The third-order valence-electron chi connectivity index (χ3n) is 3.91. The van der Waals surface area contributed by atoms with Crippen LogP contribution in [0.1, 0.15) is 31.3 Å². The molecule has 0 radical (unpaired) electrons. The first-order chi connectivity index (χ1) is 13.9. The lowest BCUT2D eigenvalue weighted by molar-refractivity contribution is 0.0989. The number of nitrogens with two attached hydrogens (primary N) is 1. The van der Waals surface area contributed by atoms with Gasteiger partial charge in [0.2, 0.25) is 5.91 Å². The first-order valence-electron chi connectivity index (χ1n) is 8.33. The van der Waals surface area contributed by atoms with Crippen LogP contribution in [-0.4, -0.2) is 24.8 Å². The molecule has 3 amide bonds. The smallest absolute Gasteiger partial charge is 0.291 e. The summed E-state index contributed by atoms with van der Waals surface area (Å²) in [5.41, 5.74) is 6.51. The Kier molecular flexibility index (Phi) is 5.99. The van der Waals surface area contributed by atoms with Crippen molar-refractivity contribution in [2.45, 2.75) is 0 Å². The van der Waals surface area contributed by atoms with E-state index < -0.39 is 17.7 Å². The maximum Gasteiger partial charge on any atom is 0.291 e. The highest BCUT2D eigenvalue weighted by Gasteiger charge is 2.14. The van der Waals surface area contributed by atoms with Gasteiger partial charge in [0.1, 0.15) is 5.75 Å². The van der Waals surface area contributed by atoms with Crippen molar-refractivity contribution in [3.8, 4) is 5.75 Å². The summed E-state index contributed by atoms with van der Waals surface area (Å²) in [6.45, 7) is 0. The number of benzene rings is 2. The minimum absolute atomic E-state index is 0.125. The number of rotatable bonds is 6. The van der Waals surface area contributed by atoms with Crippen molar-refractivity contribution in [2.24, 2.45) is 5.73 Å². The van der Waals surface area contributed by atoms with Crippen LogP contribution < -0.4 is 21.1 Å². The van der Waals surface area contributed by atoms with Crippen molar-refractivity contribution >= 4 is 45.0 Å². The molecule has 2 aromatic carbocycles. The van der Waals surface area contributed by atoms with Crippen molar-refractivity contribution in [1.82, 2.24) is 0 Å². The largest absolute Gasteiger partial charge is 0.495 e. The number of primary amides is 1. The van der Waals surface area contributed by atoms with E-state index in [-0.39, 0.29) is 16.9 Å². The third-order valence-corrected chi connectivity index (χ3v) is 4.34. The molecule has 8 nitrogen and oxygen atoms in total. The summed E-state index contributed by atoms with van der Waals surface area (Å²) in [7, 11) is 1.44. The van der Waals surface area contributed by atoms with Gasteiger partial charge in [0.25, 0.3) is 11.8 Å². The Labute approximate surface area is 174 Å². The van der Waals surface area contributed by atoms with E-state index in [0.717, 1.165) is 0 Å². The van der Waals surface area contributed by atoms with Crippen LogP contribution >= 0.6 is 15.9 Å². The number of anilines is 2. The van der Waals surface area contributed by atoms with Gasteiger partial charge >= 0.3 is 0 Å². The standard InChI is InChI=1S/C20H16BrN3O5/c1-28-15-6-5-11(18(22)25)10-14(15)24-19(26)12-3-2-4-13(9-12)23-20(27)16-7-8-17(21)29-16/h2-10H,1H3,(H2,22,25)(H,23,27)(H,24,26). The van der Waals surface area contributed by atoms with Gasteiger partial charge in [-0.15, -0.1) is 0 Å². The third kappa shape index (κ3) is 4.82. The van der Waals surface area contributed by atoms with Gasteiger partial charge in [0.15, 0.2) is 10.4 Å². The van der Waals surface area contributed by atoms with Crippen LogP contribution in [0.5, 0.6) is 5.75 Å². The Morgan fingerprint density at radius 1 is 0.966 bits per heavy atom. The molecule has 1 aromatic heterocycles. The van der Waals surface area contributed by atoms with E-state index in [2.05, 4.69) is 26.6 Å². The Morgan fingerprint density at radius 2 is 1.76 bits per heavy atom. The molecule has 0 atom stereocenters. The molecule has 0 aliphatic rings. The van der Waals surface area contributed by atoms with E-state index in [1.807, 2.05) is 0 Å². The zero-order valence-corrected chi connectivity index (χ0v) is 16.8. The molecule has 3 aromatic rings. The van der Waals surface area contributed by atoms with Crippen LogP contribution in [-0.2, 0) is 0 Å². The van der Waals surface area contributed by atoms with Gasteiger partial charge in [0, 0.05) is 16.8 Å². The number of amides is 3. The lowest BCUT2D eigenvalue weighted by atomic mass is 10.1. The molecule has 29 heavy (non-hydrogen) atoms. The number of halogens is 1. The van der Waals surface area contributed by atoms with Crippen molar-refractivity contribution in [1.29, 1.82) is 0 Å². The van der Waals surface area contributed by atoms with Crippen LogP contribution in [0, 0.1) is 0 Å².